The molecule has 0 saturated heterocycles. The van der Waals surface area contributed by atoms with Gasteiger partial charge in [-0.3, -0.25) is 5.43 Å². The Hall–Kier alpha value is -3.37. The molecule has 124 valence electrons. The van der Waals surface area contributed by atoms with Crippen LogP contribution in [0.2, 0.25) is 0 Å². The third kappa shape index (κ3) is 3.04. The van der Waals surface area contributed by atoms with Crippen molar-refractivity contribution in [2.24, 2.45) is 5.10 Å². The number of phenolic OH excluding ortho intramolecular Hbond substituents is 2. The van der Waals surface area contributed by atoms with Crippen molar-refractivity contribution in [2.75, 3.05) is 5.43 Å². The maximum atomic E-state index is 12.8. The third-order valence-corrected chi connectivity index (χ3v) is 2.91. The third-order valence-electron chi connectivity index (χ3n) is 2.91. The van der Waals surface area contributed by atoms with Gasteiger partial charge in [-0.1, -0.05) is 0 Å². The number of hydrogen-bond donors (Lipinski definition) is 3. The maximum absolute atomic E-state index is 12.8. The number of phenols is 2. The maximum Gasteiger partial charge on any atom is 0.453 e. The van der Waals surface area contributed by atoms with E-state index in [-0.39, 0.29) is 23.0 Å². The van der Waals surface area contributed by atoms with Crippen molar-refractivity contribution in [3.05, 3.63) is 41.7 Å². The van der Waals surface area contributed by atoms with Crippen LogP contribution in [0.5, 0.6) is 11.5 Å². The lowest BCUT2D eigenvalue weighted by Gasteiger charge is -2.04. The fraction of sp³-hybridized carbons (Fsp3) is 0.0769. The number of alkyl halides is 3. The first kappa shape index (κ1) is 15.5. The molecule has 2 aromatic heterocycles. The number of rotatable bonds is 3. The van der Waals surface area contributed by atoms with Gasteiger partial charge in [0, 0.05) is 11.6 Å². The number of fused-ring (bicyclic) bond motifs is 1. The lowest BCUT2D eigenvalue weighted by molar-refractivity contribution is -0.146. The number of nitrogens with zero attached hydrogens (tertiary/aromatic N) is 5. The summed E-state index contributed by atoms with van der Waals surface area (Å²) in [4.78, 5) is 0. The first-order valence-electron chi connectivity index (χ1n) is 6.45. The summed E-state index contributed by atoms with van der Waals surface area (Å²) in [5.74, 6) is -1.55. The minimum absolute atomic E-state index is 0.0160. The van der Waals surface area contributed by atoms with Crippen molar-refractivity contribution in [1.82, 2.24) is 19.8 Å². The Morgan fingerprint density at radius 3 is 2.62 bits per heavy atom. The van der Waals surface area contributed by atoms with E-state index in [9.17, 15) is 23.4 Å². The van der Waals surface area contributed by atoms with Crippen LogP contribution in [0.25, 0.3) is 5.65 Å². The van der Waals surface area contributed by atoms with Crippen LogP contribution in [0, 0.1) is 0 Å². The van der Waals surface area contributed by atoms with Gasteiger partial charge < -0.3 is 10.2 Å². The summed E-state index contributed by atoms with van der Waals surface area (Å²) in [6.07, 6.45) is -3.47. The lowest BCUT2D eigenvalue weighted by atomic mass is 10.2. The molecule has 0 radical (unpaired) electrons. The lowest BCUT2D eigenvalue weighted by Crippen LogP contribution is -2.13. The van der Waals surface area contributed by atoms with Gasteiger partial charge >= 0.3 is 6.18 Å². The number of aromatic nitrogens is 4. The van der Waals surface area contributed by atoms with E-state index in [2.05, 4.69) is 25.8 Å². The van der Waals surface area contributed by atoms with E-state index >= 15 is 0 Å². The van der Waals surface area contributed by atoms with Gasteiger partial charge in [-0.05, 0) is 24.3 Å². The molecule has 3 N–H and O–H groups in total. The summed E-state index contributed by atoms with van der Waals surface area (Å²) in [6, 6.07) is 6.55. The molecule has 0 atom stereocenters. The van der Waals surface area contributed by atoms with Gasteiger partial charge in [0.15, 0.2) is 11.5 Å². The summed E-state index contributed by atoms with van der Waals surface area (Å²) in [6.45, 7) is 0. The van der Waals surface area contributed by atoms with Crippen LogP contribution in [0.15, 0.2) is 35.4 Å². The van der Waals surface area contributed by atoms with Gasteiger partial charge in [0.1, 0.15) is 11.5 Å². The Morgan fingerprint density at radius 1 is 1.12 bits per heavy atom. The minimum atomic E-state index is -4.69. The average molecular weight is 338 g/mol. The van der Waals surface area contributed by atoms with E-state index in [1.807, 2.05) is 0 Å². The van der Waals surface area contributed by atoms with E-state index in [0.717, 1.165) is 6.07 Å². The van der Waals surface area contributed by atoms with Crippen molar-refractivity contribution in [3.8, 4) is 11.5 Å². The van der Waals surface area contributed by atoms with Gasteiger partial charge in [0.2, 0.25) is 0 Å². The molecule has 0 aliphatic rings. The van der Waals surface area contributed by atoms with Crippen LogP contribution < -0.4 is 5.43 Å². The molecule has 2 heterocycles. The molecular weight excluding hydrogens is 329 g/mol. The highest BCUT2D eigenvalue weighted by Crippen LogP contribution is 2.27. The summed E-state index contributed by atoms with van der Waals surface area (Å²) >= 11 is 0. The highest BCUT2D eigenvalue weighted by molar-refractivity contribution is 5.84. The normalized spacial score (nSPS) is 12.1. The van der Waals surface area contributed by atoms with Crippen LogP contribution >= 0.6 is 0 Å². The van der Waals surface area contributed by atoms with Crippen LogP contribution in [0.1, 0.15) is 11.4 Å². The Kier molecular flexibility index (Phi) is 3.67. The number of benzene rings is 1. The van der Waals surface area contributed by atoms with Gasteiger partial charge in [-0.15, -0.1) is 15.3 Å². The Labute approximate surface area is 131 Å². The predicted molar refractivity (Wildman–Crippen MR) is 76.8 cm³/mol. The number of hydrogen-bond acceptors (Lipinski definition) is 7. The van der Waals surface area contributed by atoms with Crippen LogP contribution in [-0.4, -0.2) is 36.2 Å². The van der Waals surface area contributed by atoms with Gasteiger partial charge in [0.25, 0.3) is 5.82 Å². The van der Waals surface area contributed by atoms with Crippen molar-refractivity contribution in [1.29, 1.82) is 0 Å². The molecule has 0 unspecified atom stereocenters. The summed E-state index contributed by atoms with van der Waals surface area (Å²) in [5, 5.41) is 32.7. The molecule has 8 nitrogen and oxygen atoms in total. The highest BCUT2D eigenvalue weighted by atomic mass is 19.4. The average Bonchev–Trinajstić information content (AvgIpc) is 2.92. The van der Waals surface area contributed by atoms with Gasteiger partial charge in [-0.2, -0.15) is 22.8 Å². The smallest absolute Gasteiger partial charge is 0.453 e. The second-order valence-electron chi connectivity index (χ2n) is 4.62. The van der Waals surface area contributed by atoms with E-state index in [1.54, 1.807) is 0 Å². The van der Waals surface area contributed by atoms with Crippen molar-refractivity contribution in [2.45, 2.75) is 6.18 Å². The molecule has 3 rings (SSSR count). The molecule has 1 aromatic carbocycles. The van der Waals surface area contributed by atoms with Crippen LogP contribution in [0.3, 0.4) is 0 Å². The fourth-order valence-corrected chi connectivity index (χ4v) is 1.83. The quantitative estimate of drug-likeness (QED) is 0.498. The van der Waals surface area contributed by atoms with Crippen LogP contribution in [0.4, 0.5) is 19.0 Å². The van der Waals surface area contributed by atoms with Gasteiger partial charge in [-0.25, -0.2) is 0 Å². The second kappa shape index (κ2) is 5.68. The molecule has 24 heavy (non-hydrogen) atoms. The number of hydrazone groups is 1. The predicted octanol–water partition coefficient (Wildman–Crippen LogP) is 2.00. The second-order valence-corrected chi connectivity index (χ2v) is 4.62. The first-order valence-corrected chi connectivity index (χ1v) is 6.45. The minimum Gasteiger partial charge on any atom is -0.508 e. The zero-order valence-corrected chi connectivity index (χ0v) is 11.7. The Balaban J connectivity index is 1.84. The van der Waals surface area contributed by atoms with Crippen molar-refractivity contribution < 1.29 is 23.4 Å². The number of nitrogens with one attached hydrogen (secondary N) is 1. The summed E-state index contributed by atoms with van der Waals surface area (Å²) < 4.78 is 38.9. The first-order chi connectivity index (χ1) is 11.3. The summed E-state index contributed by atoms with van der Waals surface area (Å²) in [5.41, 5.74) is 2.67. The summed E-state index contributed by atoms with van der Waals surface area (Å²) in [7, 11) is 0. The monoisotopic (exact) mass is 338 g/mol. The van der Waals surface area contributed by atoms with Crippen molar-refractivity contribution >= 4 is 17.7 Å². The molecule has 0 aliphatic carbocycles. The number of halogens is 3. The van der Waals surface area contributed by atoms with E-state index < -0.39 is 12.0 Å². The largest absolute Gasteiger partial charge is 0.508 e. The van der Waals surface area contributed by atoms with E-state index in [0.29, 0.717) is 10.1 Å². The molecular formula is C13H9F3N6O2. The van der Waals surface area contributed by atoms with E-state index in [4.69, 9.17) is 0 Å². The molecule has 0 saturated carbocycles. The zero-order valence-electron chi connectivity index (χ0n) is 11.7. The topological polar surface area (TPSA) is 108 Å². The SMILES string of the molecule is Oc1ccc(/C=N\Nc2ccc3nnc(C(F)(F)F)n3n2)c(O)c1. The fourth-order valence-electron chi connectivity index (χ4n) is 1.83. The molecule has 0 amide bonds. The zero-order chi connectivity index (χ0) is 17.3. The van der Waals surface area contributed by atoms with Gasteiger partial charge in [0.05, 0.1) is 6.21 Å². The van der Waals surface area contributed by atoms with Crippen LogP contribution in [-0.2, 0) is 6.18 Å². The van der Waals surface area contributed by atoms with Crippen molar-refractivity contribution in [3.63, 3.8) is 0 Å². The standard InChI is InChI=1S/C13H9F3N6O2/c14-13(15,16)12-20-19-11-4-3-10(21-22(11)12)18-17-6-7-1-2-8(23)5-9(7)24/h1-6,23-24H,(H,18,21)/b17-6-. The molecule has 0 aliphatic heterocycles. The molecule has 3 aromatic rings. The Morgan fingerprint density at radius 2 is 1.92 bits per heavy atom. The Bertz CT molecular complexity index is 922. The molecule has 11 heteroatoms. The van der Waals surface area contributed by atoms with E-state index in [1.165, 1.54) is 30.5 Å². The number of aromatic hydroxyl groups is 2. The molecule has 0 fully saturated rings. The number of anilines is 1. The molecule has 0 bridgehead atoms. The molecule has 0 spiro atoms. The highest BCUT2D eigenvalue weighted by Gasteiger charge is 2.37.